The first-order valence-electron chi connectivity index (χ1n) is 3.98. The maximum atomic E-state index is 9.04. The average molecular weight is 206 g/mol. The van der Waals surface area contributed by atoms with Crippen molar-refractivity contribution in [1.82, 2.24) is 0 Å². The molecule has 0 aliphatic rings. The highest BCUT2D eigenvalue weighted by Crippen LogP contribution is 2.30. The minimum Gasteiger partial charge on any atom is -0.468 e. The van der Waals surface area contributed by atoms with E-state index in [0.717, 1.165) is 0 Å². The third-order valence-electron chi connectivity index (χ3n) is 2.10. The molecule has 3 nitrogen and oxygen atoms in total. The van der Waals surface area contributed by atoms with E-state index in [1.165, 1.54) is 0 Å². The van der Waals surface area contributed by atoms with E-state index in [2.05, 4.69) is 0 Å². The van der Waals surface area contributed by atoms with Crippen molar-refractivity contribution in [2.45, 2.75) is 19.9 Å². The fraction of sp³-hybridized carbons (Fsp3) is 0.556. The number of halogens is 1. The Balaban J connectivity index is 0.00000144. The summed E-state index contributed by atoms with van der Waals surface area (Å²) in [5.41, 5.74) is 5.54. The highest BCUT2D eigenvalue weighted by atomic mass is 35.5. The summed E-state index contributed by atoms with van der Waals surface area (Å²) >= 11 is 0. The highest BCUT2D eigenvalue weighted by molar-refractivity contribution is 5.85. The van der Waals surface area contributed by atoms with Crippen LogP contribution < -0.4 is 5.73 Å². The molecule has 13 heavy (non-hydrogen) atoms. The zero-order chi connectivity index (χ0) is 9.19. The van der Waals surface area contributed by atoms with Gasteiger partial charge in [0.05, 0.1) is 18.9 Å². The van der Waals surface area contributed by atoms with Crippen molar-refractivity contribution in [3.63, 3.8) is 0 Å². The van der Waals surface area contributed by atoms with Crippen LogP contribution in [0, 0.1) is 5.41 Å². The molecule has 1 aromatic rings. The number of nitrogens with two attached hydrogens (primary N) is 1. The van der Waals surface area contributed by atoms with Crippen LogP contribution >= 0.6 is 12.4 Å². The lowest BCUT2D eigenvalue weighted by Gasteiger charge is -2.27. The molecule has 1 heterocycles. The van der Waals surface area contributed by atoms with Gasteiger partial charge in [-0.15, -0.1) is 12.4 Å². The number of hydrogen-bond donors (Lipinski definition) is 2. The summed E-state index contributed by atoms with van der Waals surface area (Å²) in [4.78, 5) is 0. The van der Waals surface area contributed by atoms with E-state index in [0.29, 0.717) is 5.76 Å². The molecule has 0 aliphatic carbocycles. The third-order valence-corrected chi connectivity index (χ3v) is 2.10. The fourth-order valence-corrected chi connectivity index (χ4v) is 0.952. The number of aliphatic hydroxyl groups excluding tert-OH is 1. The molecule has 0 amide bonds. The summed E-state index contributed by atoms with van der Waals surface area (Å²) in [6.45, 7) is 3.86. The zero-order valence-corrected chi connectivity index (χ0v) is 8.67. The maximum Gasteiger partial charge on any atom is 0.121 e. The van der Waals surface area contributed by atoms with Crippen LogP contribution in [0.25, 0.3) is 0 Å². The van der Waals surface area contributed by atoms with Gasteiger partial charge in [-0.2, -0.15) is 0 Å². The molecule has 0 radical (unpaired) electrons. The SMILES string of the molecule is CC(C)(CO)[C@H](N)c1ccco1.Cl. The molecule has 0 aliphatic heterocycles. The first-order valence-corrected chi connectivity index (χ1v) is 3.98. The lowest BCUT2D eigenvalue weighted by molar-refractivity contribution is 0.123. The molecule has 0 spiro atoms. The second kappa shape index (κ2) is 4.65. The van der Waals surface area contributed by atoms with E-state index in [1.54, 1.807) is 12.3 Å². The molecule has 1 aromatic heterocycles. The Hall–Kier alpha value is -0.510. The monoisotopic (exact) mass is 205 g/mol. The Morgan fingerprint density at radius 2 is 2.23 bits per heavy atom. The van der Waals surface area contributed by atoms with Gasteiger partial charge >= 0.3 is 0 Å². The van der Waals surface area contributed by atoms with Crippen LogP contribution in [-0.2, 0) is 0 Å². The standard InChI is InChI=1S/C9H15NO2.ClH/c1-9(2,6-11)8(10)7-4-3-5-12-7;/h3-5,8,11H,6,10H2,1-2H3;1H/t8-;/m1./s1. The van der Waals surface area contributed by atoms with Crippen LogP contribution in [0.15, 0.2) is 22.8 Å². The van der Waals surface area contributed by atoms with Gasteiger partial charge in [0, 0.05) is 5.41 Å². The number of furan rings is 1. The summed E-state index contributed by atoms with van der Waals surface area (Å²) in [6.07, 6.45) is 1.59. The van der Waals surface area contributed by atoms with Crippen molar-refractivity contribution >= 4 is 12.4 Å². The van der Waals surface area contributed by atoms with Gasteiger partial charge in [-0.05, 0) is 12.1 Å². The molecule has 0 saturated heterocycles. The number of aliphatic hydroxyl groups is 1. The molecule has 3 N–H and O–H groups in total. The maximum absolute atomic E-state index is 9.04. The van der Waals surface area contributed by atoms with Crippen molar-refractivity contribution in [2.75, 3.05) is 6.61 Å². The van der Waals surface area contributed by atoms with Gasteiger partial charge in [0.2, 0.25) is 0 Å². The van der Waals surface area contributed by atoms with Gasteiger partial charge in [-0.1, -0.05) is 13.8 Å². The van der Waals surface area contributed by atoms with Crippen LogP contribution in [0.2, 0.25) is 0 Å². The van der Waals surface area contributed by atoms with E-state index < -0.39 is 0 Å². The summed E-state index contributed by atoms with van der Waals surface area (Å²) < 4.78 is 5.15. The summed E-state index contributed by atoms with van der Waals surface area (Å²) in [6, 6.07) is 3.36. The van der Waals surface area contributed by atoms with E-state index in [4.69, 9.17) is 15.3 Å². The highest BCUT2D eigenvalue weighted by Gasteiger charge is 2.28. The number of rotatable bonds is 3. The van der Waals surface area contributed by atoms with Crippen molar-refractivity contribution in [3.8, 4) is 0 Å². The van der Waals surface area contributed by atoms with Crippen molar-refractivity contribution in [2.24, 2.45) is 11.1 Å². The summed E-state index contributed by atoms with van der Waals surface area (Å²) in [5.74, 6) is 0.717. The first-order chi connectivity index (χ1) is 5.58. The van der Waals surface area contributed by atoms with Gasteiger partial charge in [-0.25, -0.2) is 0 Å². The minimum atomic E-state index is -0.335. The number of hydrogen-bond acceptors (Lipinski definition) is 3. The Morgan fingerprint density at radius 1 is 1.62 bits per heavy atom. The molecular formula is C9H16ClNO2. The van der Waals surface area contributed by atoms with Crippen molar-refractivity contribution < 1.29 is 9.52 Å². The van der Waals surface area contributed by atoms with E-state index >= 15 is 0 Å². The van der Waals surface area contributed by atoms with Crippen LogP contribution in [0.3, 0.4) is 0 Å². The Kier molecular flexibility index (Phi) is 4.47. The predicted molar refractivity (Wildman–Crippen MR) is 53.8 cm³/mol. The average Bonchev–Trinajstić information content (AvgIpc) is 2.55. The molecule has 0 unspecified atom stereocenters. The Bertz CT molecular complexity index is 234. The van der Waals surface area contributed by atoms with Crippen molar-refractivity contribution in [1.29, 1.82) is 0 Å². The topological polar surface area (TPSA) is 59.4 Å². The Morgan fingerprint density at radius 3 is 2.62 bits per heavy atom. The third kappa shape index (κ3) is 2.72. The van der Waals surface area contributed by atoms with E-state index in [1.807, 2.05) is 19.9 Å². The lowest BCUT2D eigenvalue weighted by atomic mass is 9.84. The zero-order valence-electron chi connectivity index (χ0n) is 7.86. The van der Waals surface area contributed by atoms with Crippen LogP contribution in [-0.4, -0.2) is 11.7 Å². The van der Waals surface area contributed by atoms with Gasteiger partial charge < -0.3 is 15.3 Å². The quantitative estimate of drug-likeness (QED) is 0.790. The molecule has 0 bridgehead atoms. The largest absolute Gasteiger partial charge is 0.468 e. The first kappa shape index (κ1) is 12.5. The van der Waals surface area contributed by atoms with Crippen molar-refractivity contribution in [3.05, 3.63) is 24.2 Å². The molecule has 76 valence electrons. The van der Waals surface area contributed by atoms with Crippen LogP contribution in [0.5, 0.6) is 0 Å². The van der Waals surface area contributed by atoms with Crippen LogP contribution in [0.4, 0.5) is 0 Å². The molecule has 0 aromatic carbocycles. The molecular weight excluding hydrogens is 190 g/mol. The normalized spacial score (nSPS) is 13.5. The fourth-order valence-electron chi connectivity index (χ4n) is 0.952. The predicted octanol–water partition coefficient (Wildman–Crippen LogP) is 1.72. The molecule has 1 rings (SSSR count). The van der Waals surface area contributed by atoms with Gasteiger partial charge in [0.15, 0.2) is 0 Å². The smallest absolute Gasteiger partial charge is 0.121 e. The second-order valence-electron chi connectivity index (χ2n) is 3.64. The molecule has 0 fully saturated rings. The van der Waals surface area contributed by atoms with Gasteiger partial charge in [0.1, 0.15) is 5.76 Å². The molecule has 1 atom stereocenters. The minimum absolute atomic E-state index is 0. The van der Waals surface area contributed by atoms with E-state index in [9.17, 15) is 0 Å². The van der Waals surface area contributed by atoms with Gasteiger partial charge in [0.25, 0.3) is 0 Å². The lowest BCUT2D eigenvalue weighted by Crippen LogP contribution is -2.32. The van der Waals surface area contributed by atoms with E-state index in [-0.39, 0.29) is 30.5 Å². The Labute approximate surface area is 84.3 Å². The molecule has 0 saturated carbocycles. The van der Waals surface area contributed by atoms with Gasteiger partial charge in [-0.3, -0.25) is 0 Å². The van der Waals surface area contributed by atoms with Crippen LogP contribution in [0.1, 0.15) is 25.6 Å². The molecule has 4 heteroatoms. The summed E-state index contributed by atoms with van der Waals surface area (Å²) in [5, 5.41) is 9.04. The second-order valence-corrected chi connectivity index (χ2v) is 3.64. The summed E-state index contributed by atoms with van der Waals surface area (Å²) in [7, 11) is 0.